The van der Waals surface area contributed by atoms with Crippen molar-refractivity contribution in [3.05, 3.63) is 28.1 Å². The molecule has 0 spiro atoms. The van der Waals surface area contributed by atoms with Crippen LogP contribution in [0.1, 0.15) is 19.6 Å². The molecular weight excluding hydrogens is 251 g/mol. The van der Waals surface area contributed by atoms with Gasteiger partial charge in [-0.1, -0.05) is 13.8 Å². The van der Waals surface area contributed by atoms with E-state index in [4.69, 9.17) is 16.0 Å². The summed E-state index contributed by atoms with van der Waals surface area (Å²) in [5.74, 6) is 1.85. The van der Waals surface area contributed by atoms with Crippen molar-refractivity contribution >= 4 is 33.6 Å². The Bertz CT molecular complexity index is 302. The first-order chi connectivity index (χ1) is 6.13. The van der Waals surface area contributed by atoms with Crippen molar-refractivity contribution in [1.29, 1.82) is 0 Å². The van der Waals surface area contributed by atoms with Crippen LogP contribution >= 0.6 is 27.5 Å². The summed E-state index contributed by atoms with van der Waals surface area (Å²) in [6.07, 6.45) is 1.99. The molecule has 0 aromatic carbocycles. The minimum absolute atomic E-state index is 0.460. The molecule has 1 aromatic heterocycles. The fourth-order valence-electron chi connectivity index (χ4n) is 0.948. The maximum atomic E-state index is 5.80. The summed E-state index contributed by atoms with van der Waals surface area (Å²) in [5.41, 5.74) is 1.18. The van der Waals surface area contributed by atoms with Gasteiger partial charge < -0.3 is 4.42 Å². The van der Waals surface area contributed by atoms with E-state index in [0.717, 1.165) is 10.4 Å². The standard InChI is InChI=1S/C10H12BrClO/c1-7(2)8(6-12)5-9-3-4-10(11)13-9/h3-5,7H,6H2,1-2H3. The lowest BCUT2D eigenvalue weighted by atomic mass is 10.0. The SMILES string of the molecule is CC(C)C(=Cc1ccc(Br)o1)CCl. The molecule has 0 N–H and O–H groups in total. The van der Waals surface area contributed by atoms with Crippen molar-refractivity contribution in [2.24, 2.45) is 5.92 Å². The second kappa shape index (κ2) is 4.87. The van der Waals surface area contributed by atoms with E-state index in [2.05, 4.69) is 29.8 Å². The molecule has 1 nitrogen and oxygen atoms in total. The average Bonchev–Trinajstić information content (AvgIpc) is 2.46. The summed E-state index contributed by atoms with van der Waals surface area (Å²) < 4.78 is 6.09. The van der Waals surface area contributed by atoms with Crippen molar-refractivity contribution in [3.8, 4) is 0 Å². The van der Waals surface area contributed by atoms with Crippen LogP contribution in [0.2, 0.25) is 0 Å². The Morgan fingerprint density at radius 2 is 2.31 bits per heavy atom. The molecule has 0 amide bonds. The second-order valence-corrected chi connectivity index (χ2v) is 4.20. The fraction of sp³-hybridized carbons (Fsp3) is 0.400. The predicted molar refractivity (Wildman–Crippen MR) is 59.9 cm³/mol. The van der Waals surface area contributed by atoms with Gasteiger partial charge in [-0.15, -0.1) is 11.6 Å². The van der Waals surface area contributed by atoms with Gasteiger partial charge in [-0.25, -0.2) is 0 Å². The Morgan fingerprint density at radius 3 is 2.69 bits per heavy atom. The van der Waals surface area contributed by atoms with Gasteiger partial charge in [0, 0.05) is 5.88 Å². The third kappa shape index (κ3) is 3.20. The number of allylic oxidation sites excluding steroid dienone is 1. The van der Waals surface area contributed by atoms with Crippen molar-refractivity contribution < 1.29 is 4.42 Å². The maximum Gasteiger partial charge on any atom is 0.169 e. The van der Waals surface area contributed by atoms with E-state index in [-0.39, 0.29) is 0 Å². The van der Waals surface area contributed by atoms with Crippen LogP contribution in [0.15, 0.2) is 26.8 Å². The van der Waals surface area contributed by atoms with Crippen LogP contribution in [0.4, 0.5) is 0 Å². The van der Waals surface area contributed by atoms with Crippen molar-refractivity contribution in [2.75, 3.05) is 5.88 Å². The van der Waals surface area contributed by atoms with Crippen LogP contribution in [0, 0.1) is 5.92 Å². The highest BCUT2D eigenvalue weighted by Crippen LogP contribution is 2.20. The number of furan rings is 1. The molecule has 0 radical (unpaired) electrons. The van der Waals surface area contributed by atoms with Gasteiger partial charge in [0.15, 0.2) is 4.67 Å². The van der Waals surface area contributed by atoms with E-state index in [0.29, 0.717) is 11.8 Å². The Morgan fingerprint density at radius 1 is 1.62 bits per heavy atom. The summed E-state index contributed by atoms with van der Waals surface area (Å²) in [7, 11) is 0. The second-order valence-electron chi connectivity index (χ2n) is 3.15. The van der Waals surface area contributed by atoms with Gasteiger partial charge in [-0.2, -0.15) is 0 Å². The normalized spacial score (nSPS) is 12.5. The van der Waals surface area contributed by atoms with E-state index in [1.54, 1.807) is 0 Å². The zero-order valence-electron chi connectivity index (χ0n) is 7.68. The molecule has 0 aliphatic heterocycles. The number of rotatable bonds is 3. The van der Waals surface area contributed by atoms with E-state index < -0.39 is 0 Å². The molecule has 1 aromatic rings. The molecule has 0 fully saturated rings. The molecule has 0 bridgehead atoms. The van der Waals surface area contributed by atoms with E-state index >= 15 is 0 Å². The highest BCUT2D eigenvalue weighted by atomic mass is 79.9. The molecule has 3 heteroatoms. The quantitative estimate of drug-likeness (QED) is 0.740. The molecule has 1 rings (SSSR count). The minimum atomic E-state index is 0.460. The largest absolute Gasteiger partial charge is 0.450 e. The summed E-state index contributed by atoms with van der Waals surface area (Å²) in [4.78, 5) is 0. The van der Waals surface area contributed by atoms with E-state index in [1.165, 1.54) is 5.57 Å². The molecule has 0 atom stereocenters. The van der Waals surface area contributed by atoms with Crippen LogP contribution in [-0.4, -0.2) is 5.88 Å². The summed E-state index contributed by atoms with van der Waals surface area (Å²) in [5, 5.41) is 0. The van der Waals surface area contributed by atoms with Crippen LogP contribution in [0.5, 0.6) is 0 Å². The maximum absolute atomic E-state index is 5.80. The smallest absolute Gasteiger partial charge is 0.169 e. The van der Waals surface area contributed by atoms with Gasteiger partial charge in [-0.05, 0) is 45.6 Å². The number of alkyl halides is 1. The van der Waals surface area contributed by atoms with Gasteiger partial charge >= 0.3 is 0 Å². The fourth-order valence-corrected chi connectivity index (χ4v) is 1.65. The number of halogens is 2. The number of hydrogen-bond acceptors (Lipinski definition) is 1. The van der Waals surface area contributed by atoms with Gasteiger partial charge in [0.05, 0.1) is 0 Å². The molecule has 0 aliphatic carbocycles. The van der Waals surface area contributed by atoms with Crippen LogP contribution < -0.4 is 0 Å². The van der Waals surface area contributed by atoms with Gasteiger partial charge in [-0.3, -0.25) is 0 Å². The third-order valence-corrected chi connectivity index (χ3v) is 2.55. The molecule has 0 saturated carbocycles. The topological polar surface area (TPSA) is 13.1 Å². The van der Waals surface area contributed by atoms with Gasteiger partial charge in [0.25, 0.3) is 0 Å². The van der Waals surface area contributed by atoms with Crippen molar-refractivity contribution in [3.63, 3.8) is 0 Å². The molecule has 13 heavy (non-hydrogen) atoms. The molecule has 0 aliphatic rings. The molecule has 0 saturated heterocycles. The van der Waals surface area contributed by atoms with Gasteiger partial charge in [0.1, 0.15) is 5.76 Å². The minimum Gasteiger partial charge on any atom is -0.450 e. The summed E-state index contributed by atoms with van der Waals surface area (Å²) >= 11 is 9.05. The average molecular weight is 264 g/mol. The first-order valence-electron chi connectivity index (χ1n) is 4.15. The van der Waals surface area contributed by atoms with Crippen molar-refractivity contribution in [2.45, 2.75) is 13.8 Å². The Kier molecular flexibility index (Phi) is 4.07. The zero-order valence-corrected chi connectivity index (χ0v) is 10.0. The third-order valence-electron chi connectivity index (χ3n) is 1.82. The Hall–Kier alpha value is -0.210. The predicted octanol–water partition coefficient (Wildman–Crippen LogP) is 4.32. The monoisotopic (exact) mass is 262 g/mol. The van der Waals surface area contributed by atoms with Crippen LogP contribution in [-0.2, 0) is 0 Å². The number of hydrogen-bond donors (Lipinski definition) is 0. The molecule has 72 valence electrons. The van der Waals surface area contributed by atoms with Crippen LogP contribution in [0.3, 0.4) is 0 Å². The highest BCUT2D eigenvalue weighted by Gasteiger charge is 2.03. The molecule has 1 heterocycles. The Labute approximate surface area is 91.9 Å². The lowest BCUT2D eigenvalue weighted by Gasteiger charge is -2.05. The lowest BCUT2D eigenvalue weighted by Crippen LogP contribution is -1.94. The van der Waals surface area contributed by atoms with E-state index in [1.807, 2.05) is 18.2 Å². The summed E-state index contributed by atoms with van der Waals surface area (Å²) in [6, 6.07) is 3.79. The first kappa shape index (κ1) is 10.9. The molecule has 0 unspecified atom stereocenters. The zero-order chi connectivity index (χ0) is 9.84. The Balaban J connectivity index is 2.84. The van der Waals surface area contributed by atoms with Gasteiger partial charge in [0.2, 0.25) is 0 Å². The first-order valence-corrected chi connectivity index (χ1v) is 5.48. The molecular formula is C10H12BrClO. The lowest BCUT2D eigenvalue weighted by molar-refractivity contribution is 0.530. The van der Waals surface area contributed by atoms with E-state index in [9.17, 15) is 0 Å². The highest BCUT2D eigenvalue weighted by molar-refractivity contribution is 9.10. The summed E-state index contributed by atoms with van der Waals surface area (Å²) in [6.45, 7) is 4.23. The van der Waals surface area contributed by atoms with Crippen LogP contribution in [0.25, 0.3) is 6.08 Å². The van der Waals surface area contributed by atoms with Crippen molar-refractivity contribution in [1.82, 2.24) is 0 Å².